The molecular weight excluding hydrogens is 407 g/mol. The quantitative estimate of drug-likeness (QED) is 0.173. The van der Waals surface area contributed by atoms with E-state index in [9.17, 15) is 10.1 Å². The minimum Gasteiger partial charge on any atom is -0.356 e. The monoisotopic (exact) mass is 432 g/mol. The van der Waals surface area contributed by atoms with Crippen LogP contribution in [-0.4, -0.2) is 24.0 Å². The predicted octanol–water partition coefficient (Wildman–Crippen LogP) is 3.48. The number of rotatable bonds is 7. The molecule has 0 heterocycles. The van der Waals surface area contributed by atoms with Crippen molar-refractivity contribution in [3.8, 4) is 0 Å². The molecule has 0 aliphatic rings. The summed E-state index contributed by atoms with van der Waals surface area (Å²) in [4.78, 5) is 14.7. The molecule has 0 aliphatic heterocycles. The first kappa shape index (κ1) is 21.4. The van der Waals surface area contributed by atoms with Crippen LogP contribution in [0, 0.1) is 16.0 Å². The van der Waals surface area contributed by atoms with Gasteiger partial charge in [0, 0.05) is 25.2 Å². The van der Waals surface area contributed by atoms with Gasteiger partial charge in [-0.15, -0.1) is 24.0 Å². The van der Waals surface area contributed by atoms with Crippen molar-refractivity contribution in [3.63, 3.8) is 0 Å². The van der Waals surface area contributed by atoms with Crippen LogP contribution in [0.5, 0.6) is 0 Å². The Labute approximate surface area is 154 Å². The molecule has 1 aromatic rings. The highest BCUT2D eigenvalue weighted by atomic mass is 127. The minimum absolute atomic E-state index is 0. The van der Waals surface area contributed by atoms with Crippen molar-refractivity contribution >= 4 is 35.6 Å². The molecule has 2 N–H and O–H groups in total. The summed E-state index contributed by atoms with van der Waals surface area (Å²) in [6.07, 6.45) is 0. The van der Waals surface area contributed by atoms with Gasteiger partial charge in [-0.2, -0.15) is 0 Å². The summed E-state index contributed by atoms with van der Waals surface area (Å²) in [7, 11) is 0. The highest BCUT2D eigenvalue weighted by Gasteiger charge is 2.04. The number of non-ortho nitro benzene ring substituents is 1. The van der Waals surface area contributed by atoms with Crippen LogP contribution in [-0.2, 0) is 6.54 Å². The van der Waals surface area contributed by atoms with Gasteiger partial charge in [0.15, 0.2) is 5.96 Å². The number of nitro groups is 1. The second-order valence-corrected chi connectivity index (χ2v) is 5.67. The minimum atomic E-state index is -0.406. The van der Waals surface area contributed by atoms with Gasteiger partial charge in [-0.1, -0.05) is 38.1 Å². The third-order valence-electron chi connectivity index (χ3n) is 2.80. The van der Waals surface area contributed by atoms with Crippen molar-refractivity contribution in [2.45, 2.75) is 27.3 Å². The summed E-state index contributed by atoms with van der Waals surface area (Å²) in [5.74, 6) is 1.23. The molecule has 128 valence electrons. The normalized spacial score (nSPS) is 10.9. The maximum absolute atomic E-state index is 10.6. The van der Waals surface area contributed by atoms with E-state index in [0.717, 1.165) is 23.6 Å². The van der Waals surface area contributed by atoms with Crippen LogP contribution in [0.4, 0.5) is 5.69 Å². The molecule has 0 atom stereocenters. The van der Waals surface area contributed by atoms with Crippen LogP contribution in [0.2, 0.25) is 0 Å². The first-order valence-electron chi connectivity index (χ1n) is 7.28. The number of hydrogen-bond donors (Lipinski definition) is 2. The summed E-state index contributed by atoms with van der Waals surface area (Å²) in [5.41, 5.74) is 2.03. The number of guanidine groups is 1. The lowest BCUT2D eigenvalue weighted by Crippen LogP contribution is -2.39. The van der Waals surface area contributed by atoms with Crippen molar-refractivity contribution in [2.75, 3.05) is 13.1 Å². The van der Waals surface area contributed by atoms with Crippen LogP contribution < -0.4 is 10.6 Å². The summed E-state index contributed by atoms with van der Waals surface area (Å²) in [6.45, 7) is 12.0. The lowest BCUT2D eigenvalue weighted by Gasteiger charge is -2.14. The third kappa shape index (κ3) is 9.17. The smallest absolute Gasteiger partial charge is 0.269 e. The van der Waals surface area contributed by atoms with Crippen LogP contribution in [0.25, 0.3) is 0 Å². The molecule has 0 saturated heterocycles. The standard InChI is InChI=1S/C16H24N4O2.HI/c1-12(2)9-17-16(18-10-13(3)4)19-11-14-5-7-15(8-6-14)20(21)22;/h5-8,13H,1,9-11H2,2-4H3,(H2,17,18,19);1H. The van der Waals surface area contributed by atoms with E-state index in [1.54, 1.807) is 12.1 Å². The van der Waals surface area contributed by atoms with Crippen molar-refractivity contribution < 1.29 is 4.92 Å². The third-order valence-corrected chi connectivity index (χ3v) is 2.80. The van der Waals surface area contributed by atoms with Crippen LogP contribution in [0.3, 0.4) is 0 Å². The van der Waals surface area contributed by atoms with E-state index in [0.29, 0.717) is 19.0 Å². The Kier molecular flexibility index (Phi) is 10.2. The maximum Gasteiger partial charge on any atom is 0.269 e. The molecule has 1 aromatic carbocycles. The van der Waals surface area contributed by atoms with Gasteiger partial charge < -0.3 is 10.6 Å². The summed E-state index contributed by atoms with van der Waals surface area (Å²) >= 11 is 0. The van der Waals surface area contributed by atoms with Crippen molar-refractivity contribution in [1.29, 1.82) is 0 Å². The van der Waals surface area contributed by atoms with Gasteiger partial charge in [0.2, 0.25) is 0 Å². The van der Waals surface area contributed by atoms with Crippen LogP contribution in [0.1, 0.15) is 26.3 Å². The Bertz CT molecular complexity index is 542. The molecule has 0 amide bonds. The highest BCUT2D eigenvalue weighted by Crippen LogP contribution is 2.12. The summed E-state index contributed by atoms with van der Waals surface area (Å²) in [5, 5.41) is 17.1. The zero-order valence-corrected chi connectivity index (χ0v) is 16.2. The number of nitro benzene ring substituents is 1. The number of benzene rings is 1. The SMILES string of the molecule is C=C(C)CNC(=NCc1ccc([N+](=O)[O-])cc1)NCC(C)C.I. The number of halogens is 1. The molecule has 0 aromatic heterocycles. The summed E-state index contributed by atoms with van der Waals surface area (Å²) < 4.78 is 0. The molecule has 0 fully saturated rings. The Morgan fingerprint density at radius 2 is 1.91 bits per heavy atom. The zero-order valence-electron chi connectivity index (χ0n) is 13.8. The zero-order chi connectivity index (χ0) is 16.5. The van der Waals surface area contributed by atoms with Gasteiger partial charge in [-0.3, -0.25) is 10.1 Å². The van der Waals surface area contributed by atoms with Gasteiger partial charge >= 0.3 is 0 Å². The van der Waals surface area contributed by atoms with E-state index in [-0.39, 0.29) is 29.7 Å². The predicted molar refractivity (Wildman–Crippen MR) is 105 cm³/mol. The molecule has 0 saturated carbocycles. The lowest BCUT2D eigenvalue weighted by atomic mass is 10.2. The van der Waals surface area contributed by atoms with Gasteiger partial charge in [0.25, 0.3) is 5.69 Å². The van der Waals surface area contributed by atoms with E-state index in [4.69, 9.17) is 0 Å². The molecule has 0 radical (unpaired) electrons. The van der Waals surface area contributed by atoms with E-state index in [1.165, 1.54) is 12.1 Å². The molecule has 23 heavy (non-hydrogen) atoms. The first-order chi connectivity index (χ1) is 10.4. The molecule has 0 unspecified atom stereocenters. The Balaban J connectivity index is 0.00000484. The molecule has 0 bridgehead atoms. The molecule has 6 nitrogen and oxygen atoms in total. The largest absolute Gasteiger partial charge is 0.356 e. The fraction of sp³-hybridized carbons (Fsp3) is 0.438. The Morgan fingerprint density at radius 1 is 1.30 bits per heavy atom. The van der Waals surface area contributed by atoms with Gasteiger partial charge in [-0.25, -0.2) is 4.99 Å². The number of nitrogens with one attached hydrogen (secondary N) is 2. The van der Waals surface area contributed by atoms with Gasteiger partial charge in [-0.05, 0) is 18.4 Å². The second kappa shape index (κ2) is 11.0. The molecule has 7 heteroatoms. The van der Waals surface area contributed by atoms with Crippen molar-refractivity contribution in [1.82, 2.24) is 10.6 Å². The molecule has 1 rings (SSSR count). The fourth-order valence-electron chi connectivity index (χ4n) is 1.60. The van der Waals surface area contributed by atoms with Crippen molar-refractivity contribution in [2.24, 2.45) is 10.9 Å². The van der Waals surface area contributed by atoms with Crippen molar-refractivity contribution in [3.05, 3.63) is 52.1 Å². The lowest BCUT2D eigenvalue weighted by molar-refractivity contribution is -0.384. The fourth-order valence-corrected chi connectivity index (χ4v) is 1.60. The van der Waals surface area contributed by atoms with Gasteiger partial charge in [0.1, 0.15) is 0 Å². The average molecular weight is 432 g/mol. The van der Waals surface area contributed by atoms with E-state index in [2.05, 4.69) is 36.1 Å². The second-order valence-electron chi connectivity index (χ2n) is 5.67. The maximum atomic E-state index is 10.6. The topological polar surface area (TPSA) is 79.6 Å². The van der Waals surface area contributed by atoms with E-state index < -0.39 is 4.92 Å². The number of nitrogens with zero attached hydrogens (tertiary/aromatic N) is 2. The van der Waals surface area contributed by atoms with E-state index >= 15 is 0 Å². The number of hydrogen-bond acceptors (Lipinski definition) is 3. The average Bonchev–Trinajstić information content (AvgIpc) is 2.46. The molecule has 0 spiro atoms. The van der Waals surface area contributed by atoms with Crippen LogP contribution >= 0.6 is 24.0 Å². The number of aliphatic imine (C=N–C) groups is 1. The van der Waals surface area contributed by atoms with E-state index in [1.807, 2.05) is 6.92 Å². The van der Waals surface area contributed by atoms with Crippen LogP contribution in [0.15, 0.2) is 41.4 Å². The summed E-state index contributed by atoms with van der Waals surface area (Å²) in [6, 6.07) is 6.43. The molecule has 0 aliphatic carbocycles. The Hall–Kier alpha value is -1.64. The highest BCUT2D eigenvalue weighted by molar-refractivity contribution is 14.0. The Morgan fingerprint density at radius 3 is 2.39 bits per heavy atom. The molecular formula is C16H25IN4O2. The first-order valence-corrected chi connectivity index (χ1v) is 7.28. The van der Waals surface area contributed by atoms with Gasteiger partial charge in [0.05, 0.1) is 11.5 Å².